The summed E-state index contributed by atoms with van der Waals surface area (Å²) in [6, 6.07) is 8.79. The van der Waals surface area contributed by atoms with Gasteiger partial charge in [-0.3, -0.25) is 4.79 Å². The molecule has 0 radical (unpaired) electrons. The van der Waals surface area contributed by atoms with Crippen molar-refractivity contribution in [1.82, 2.24) is 0 Å². The molecule has 0 bridgehead atoms. The number of hydrogen-bond donors (Lipinski definition) is 0. The average molecular weight is 327 g/mol. The van der Waals surface area contributed by atoms with Gasteiger partial charge >= 0.3 is 0 Å². The second-order valence-corrected chi connectivity index (χ2v) is 5.50. The molecule has 1 unspecified atom stereocenters. The fourth-order valence-electron chi connectivity index (χ4n) is 1.90. The second kappa shape index (κ2) is 6.46. The maximum atomic E-state index is 13.0. The van der Waals surface area contributed by atoms with Gasteiger partial charge in [0.1, 0.15) is 11.6 Å². The Bertz CT molecular complexity index is 686. The Morgan fingerprint density at radius 1 is 1.19 bits per heavy atom. The summed E-state index contributed by atoms with van der Waals surface area (Å²) in [7, 11) is 0. The van der Waals surface area contributed by atoms with Gasteiger partial charge in [0.05, 0.1) is 5.02 Å². The van der Waals surface area contributed by atoms with Crippen molar-refractivity contribution in [1.29, 1.82) is 0 Å². The highest BCUT2D eigenvalue weighted by molar-refractivity contribution is 6.37. The molecular formula is C16H13Cl2FO2. The van der Waals surface area contributed by atoms with Crippen LogP contribution in [0.25, 0.3) is 0 Å². The van der Waals surface area contributed by atoms with Crippen LogP contribution < -0.4 is 4.74 Å². The molecule has 21 heavy (non-hydrogen) atoms. The molecule has 110 valence electrons. The Labute approximate surface area is 132 Å². The third-order valence-electron chi connectivity index (χ3n) is 3.01. The first-order chi connectivity index (χ1) is 9.88. The molecule has 2 aromatic rings. The molecule has 0 fully saturated rings. The maximum absolute atomic E-state index is 13.0. The van der Waals surface area contributed by atoms with Gasteiger partial charge in [0.2, 0.25) is 5.78 Å². The van der Waals surface area contributed by atoms with Gasteiger partial charge in [-0.05, 0) is 55.8 Å². The minimum Gasteiger partial charge on any atom is -0.482 e. The number of carbonyl (C=O) groups excluding carboxylic acids is 1. The third kappa shape index (κ3) is 3.74. The molecule has 0 saturated heterocycles. The highest BCUT2D eigenvalue weighted by atomic mass is 35.5. The molecule has 0 heterocycles. The lowest BCUT2D eigenvalue weighted by Crippen LogP contribution is -2.24. The van der Waals surface area contributed by atoms with Gasteiger partial charge in [0.15, 0.2) is 6.10 Å². The number of halogens is 3. The Morgan fingerprint density at radius 2 is 1.90 bits per heavy atom. The SMILES string of the molecule is Cc1cc(F)ccc1OC(C)C(=O)c1ccc(Cl)cc1Cl. The van der Waals surface area contributed by atoms with E-state index in [1.807, 2.05) is 0 Å². The van der Waals surface area contributed by atoms with Gasteiger partial charge in [-0.25, -0.2) is 4.39 Å². The minimum atomic E-state index is -0.743. The number of hydrogen-bond acceptors (Lipinski definition) is 2. The monoisotopic (exact) mass is 326 g/mol. The quantitative estimate of drug-likeness (QED) is 0.731. The van der Waals surface area contributed by atoms with E-state index in [0.717, 1.165) is 0 Å². The van der Waals surface area contributed by atoms with E-state index in [1.165, 1.54) is 24.3 Å². The van der Waals surface area contributed by atoms with Gasteiger partial charge in [-0.15, -0.1) is 0 Å². The van der Waals surface area contributed by atoms with Crippen LogP contribution in [-0.4, -0.2) is 11.9 Å². The molecule has 0 saturated carbocycles. The molecule has 5 heteroatoms. The zero-order valence-corrected chi connectivity index (χ0v) is 13.0. The molecule has 0 aliphatic heterocycles. The normalized spacial score (nSPS) is 12.0. The van der Waals surface area contributed by atoms with E-state index in [1.54, 1.807) is 26.0 Å². The van der Waals surface area contributed by atoms with Crippen molar-refractivity contribution in [2.24, 2.45) is 0 Å². The molecule has 0 aromatic heterocycles. The molecule has 0 aliphatic rings. The first kappa shape index (κ1) is 15.8. The summed E-state index contributed by atoms with van der Waals surface area (Å²) < 4.78 is 18.6. The Hall–Kier alpha value is -1.58. The van der Waals surface area contributed by atoms with E-state index in [0.29, 0.717) is 21.9 Å². The summed E-state index contributed by atoms with van der Waals surface area (Å²) in [5.74, 6) is -0.151. The van der Waals surface area contributed by atoms with Crippen molar-refractivity contribution in [2.75, 3.05) is 0 Å². The summed E-state index contributed by atoms with van der Waals surface area (Å²) in [4.78, 5) is 12.3. The molecular weight excluding hydrogens is 314 g/mol. The number of rotatable bonds is 4. The Morgan fingerprint density at radius 3 is 2.52 bits per heavy atom. The summed E-state index contributed by atoms with van der Waals surface area (Å²) in [6.07, 6.45) is -0.743. The van der Waals surface area contributed by atoms with Crippen molar-refractivity contribution in [3.8, 4) is 5.75 Å². The van der Waals surface area contributed by atoms with Gasteiger partial charge < -0.3 is 4.74 Å². The Balaban J connectivity index is 2.19. The van der Waals surface area contributed by atoms with Gasteiger partial charge in [-0.1, -0.05) is 23.2 Å². The highest BCUT2D eigenvalue weighted by Gasteiger charge is 2.20. The standard InChI is InChI=1S/C16H13Cl2FO2/c1-9-7-12(19)4-6-15(9)21-10(2)16(20)13-5-3-11(17)8-14(13)18/h3-8,10H,1-2H3. The zero-order chi connectivity index (χ0) is 15.6. The van der Waals surface area contributed by atoms with Crippen LogP contribution in [-0.2, 0) is 0 Å². The number of benzene rings is 2. The van der Waals surface area contributed by atoms with Crippen LogP contribution in [0.4, 0.5) is 4.39 Å². The van der Waals surface area contributed by atoms with Crippen LogP contribution in [0.15, 0.2) is 36.4 Å². The van der Waals surface area contributed by atoms with Crippen molar-refractivity contribution in [3.63, 3.8) is 0 Å². The average Bonchev–Trinajstić information content (AvgIpc) is 2.41. The molecule has 0 aliphatic carbocycles. The minimum absolute atomic E-state index is 0.264. The van der Waals surface area contributed by atoms with Crippen molar-refractivity contribution < 1.29 is 13.9 Å². The van der Waals surface area contributed by atoms with Crippen molar-refractivity contribution >= 4 is 29.0 Å². The molecule has 2 aromatic carbocycles. The fraction of sp³-hybridized carbons (Fsp3) is 0.188. The molecule has 1 atom stereocenters. The number of ether oxygens (including phenoxy) is 1. The molecule has 2 nitrogen and oxygen atoms in total. The number of ketones is 1. The molecule has 0 amide bonds. The van der Waals surface area contributed by atoms with Crippen molar-refractivity contribution in [3.05, 3.63) is 63.4 Å². The van der Waals surface area contributed by atoms with Gasteiger partial charge in [-0.2, -0.15) is 0 Å². The van der Waals surface area contributed by atoms with E-state index in [9.17, 15) is 9.18 Å². The van der Waals surface area contributed by atoms with Crippen LogP contribution in [0.3, 0.4) is 0 Å². The lowest BCUT2D eigenvalue weighted by atomic mass is 10.1. The van der Waals surface area contributed by atoms with Crippen LogP contribution in [0.2, 0.25) is 10.0 Å². The third-order valence-corrected chi connectivity index (χ3v) is 3.55. The summed E-state index contributed by atoms with van der Waals surface area (Å²) >= 11 is 11.8. The lowest BCUT2D eigenvalue weighted by molar-refractivity contribution is 0.0817. The second-order valence-electron chi connectivity index (χ2n) is 4.66. The van der Waals surface area contributed by atoms with Crippen LogP contribution in [0, 0.1) is 12.7 Å². The molecule has 2 rings (SSSR count). The first-order valence-corrected chi connectivity index (χ1v) is 7.06. The largest absolute Gasteiger partial charge is 0.482 e. The van der Waals surface area contributed by atoms with Gasteiger partial charge in [0.25, 0.3) is 0 Å². The highest BCUT2D eigenvalue weighted by Crippen LogP contribution is 2.25. The molecule has 0 N–H and O–H groups in total. The zero-order valence-electron chi connectivity index (χ0n) is 11.5. The van der Waals surface area contributed by atoms with Crippen LogP contribution in [0.1, 0.15) is 22.8 Å². The number of aryl methyl sites for hydroxylation is 1. The maximum Gasteiger partial charge on any atom is 0.204 e. The van der Waals surface area contributed by atoms with E-state index in [-0.39, 0.29) is 16.6 Å². The smallest absolute Gasteiger partial charge is 0.204 e. The topological polar surface area (TPSA) is 26.3 Å². The van der Waals surface area contributed by atoms with E-state index < -0.39 is 6.10 Å². The fourth-order valence-corrected chi connectivity index (χ4v) is 2.40. The predicted octanol–water partition coefficient (Wildman–Crippen LogP) is 5.09. The van der Waals surface area contributed by atoms with Crippen molar-refractivity contribution in [2.45, 2.75) is 20.0 Å². The van der Waals surface area contributed by atoms with E-state index >= 15 is 0 Å². The summed E-state index contributed by atoms with van der Waals surface area (Å²) in [5.41, 5.74) is 0.963. The van der Waals surface area contributed by atoms with E-state index in [2.05, 4.69) is 0 Å². The Kier molecular flexibility index (Phi) is 4.86. The summed E-state index contributed by atoms with van der Waals surface area (Å²) in [5, 5.41) is 0.735. The first-order valence-electron chi connectivity index (χ1n) is 6.30. The van der Waals surface area contributed by atoms with E-state index in [4.69, 9.17) is 27.9 Å². The molecule has 0 spiro atoms. The lowest BCUT2D eigenvalue weighted by Gasteiger charge is -2.16. The number of carbonyl (C=O) groups is 1. The predicted molar refractivity (Wildman–Crippen MR) is 82.0 cm³/mol. The number of Topliss-reactive ketones (excluding diaryl/α,β-unsaturated/α-hetero) is 1. The van der Waals surface area contributed by atoms with Crippen LogP contribution in [0.5, 0.6) is 5.75 Å². The summed E-state index contributed by atoms with van der Waals surface area (Å²) in [6.45, 7) is 3.33. The van der Waals surface area contributed by atoms with Gasteiger partial charge in [0, 0.05) is 10.6 Å². The van der Waals surface area contributed by atoms with Crippen LogP contribution >= 0.6 is 23.2 Å².